The fourth-order valence-electron chi connectivity index (χ4n) is 2.20. The predicted molar refractivity (Wildman–Crippen MR) is 72.0 cm³/mol. The van der Waals surface area contributed by atoms with Crippen molar-refractivity contribution in [3.05, 3.63) is 35.4 Å². The van der Waals surface area contributed by atoms with E-state index < -0.39 is 48.9 Å². The van der Waals surface area contributed by atoms with Gasteiger partial charge >= 0.3 is 12.1 Å². The maximum Gasteiger partial charge on any atom is 0.391 e. The first-order valence-electron chi connectivity index (χ1n) is 6.64. The average molecular weight is 344 g/mol. The molecule has 0 bridgehead atoms. The van der Waals surface area contributed by atoms with Gasteiger partial charge in [0.2, 0.25) is 5.91 Å². The Balaban J connectivity index is 2.06. The third-order valence-corrected chi connectivity index (χ3v) is 3.25. The molecule has 1 aliphatic heterocycles. The monoisotopic (exact) mass is 344 g/mol. The summed E-state index contributed by atoms with van der Waals surface area (Å²) in [6.45, 7) is -0.867. The van der Waals surface area contributed by atoms with Crippen molar-refractivity contribution in [1.82, 2.24) is 10.2 Å². The second kappa shape index (κ2) is 6.30. The van der Waals surface area contributed by atoms with Crippen LogP contribution in [0.5, 0.6) is 0 Å². The lowest BCUT2D eigenvalue weighted by molar-refractivity contribution is -0.160. The van der Waals surface area contributed by atoms with Gasteiger partial charge in [-0.3, -0.25) is 19.3 Å². The molecule has 3 amide bonds. The maximum atomic E-state index is 12.3. The van der Waals surface area contributed by atoms with Crippen molar-refractivity contribution >= 4 is 23.7 Å². The molecule has 1 unspecified atom stereocenters. The normalized spacial score (nSPS) is 15.2. The Morgan fingerprint density at radius 2 is 1.62 bits per heavy atom. The fourth-order valence-corrected chi connectivity index (χ4v) is 2.20. The summed E-state index contributed by atoms with van der Waals surface area (Å²) in [5.41, 5.74) is 0.140. The number of carboxylic acid groups (broad SMARTS) is 1. The minimum Gasteiger partial charge on any atom is -0.480 e. The number of hydrogen-bond acceptors (Lipinski definition) is 4. The van der Waals surface area contributed by atoms with Gasteiger partial charge in [0.25, 0.3) is 11.8 Å². The second-order valence-corrected chi connectivity index (χ2v) is 5.02. The molecular weight excluding hydrogens is 333 g/mol. The number of carbonyl (C=O) groups excluding carboxylic acids is 3. The summed E-state index contributed by atoms with van der Waals surface area (Å²) in [6.07, 6.45) is -6.57. The van der Waals surface area contributed by atoms with Gasteiger partial charge in [0.1, 0.15) is 12.6 Å². The Hall–Kier alpha value is -2.91. The Labute approximate surface area is 133 Å². The molecule has 0 fully saturated rings. The van der Waals surface area contributed by atoms with Gasteiger partial charge in [-0.2, -0.15) is 13.2 Å². The van der Waals surface area contributed by atoms with Gasteiger partial charge in [0.05, 0.1) is 17.5 Å². The van der Waals surface area contributed by atoms with Crippen LogP contribution in [0.15, 0.2) is 24.3 Å². The summed E-state index contributed by atoms with van der Waals surface area (Å²) in [6, 6.07) is 3.57. The van der Waals surface area contributed by atoms with E-state index in [1.807, 2.05) is 0 Å². The summed E-state index contributed by atoms with van der Waals surface area (Å²) in [7, 11) is 0. The van der Waals surface area contributed by atoms with E-state index in [4.69, 9.17) is 5.11 Å². The molecule has 1 aromatic carbocycles. The highest BCUT2D eigenvalue weighted by molar-refractivity contribution is 6.22. The number of halogens is 3. The van der Waals surface area contributed by atoms with E-state index in [-0.39, 0.29) is 11.1 Å². The van der Waals surface area contributed by atoms with Gasteiger partial charge in [-0.15, -0.1) is 0 Å². The molecule has 0 saturated heterocycles. The zero-order valence-electron chi connectivity index (χ0n) is 12.0. The van der Waals surface area contributed by atoms with E-state index in [1.54, 1.807) is 5.32 Å². The zero-order valence-corrected chi connectivity index (χ0v) is 12.0. The van der Waals surface area contributed by atoms with Gasteiger partial charge < -0.3 is 10.4 Å². The molecular formula is C14H11F3N2O5. The molecule has 1 heterocycles. The Bertz CT molecular complexity index is 682. The molecule has 7 nitrogen and oxygen atoms in total. The van der Waals surface area contributed by atoms with Crippen LogP contribution < -0.4 is 5.32 Å². The number of carboxylic acids is 1. The van der Waals surface area contributed by atoms with Crippen molar-refractivity contribution in [1.29, 1.82) is 0 Å². The van der Waals surface area contributed by atoms with Crippen molar-refractivity contribution in [3.8, 4) is 0 Å². The van der Waals surface area contributed by atoms with Gasteiger partial charge in [-0.05, 0) is 12.1 Å². The Morgan fingerprint density at radius 3 is 2.04 bits per heavy atom. The average Bonchev–Trinajstić information content (AvgIpc) is 2.71. The van der Waals surface area contributed by atoms with Gasteiger partial charge in [0, 0.05) is 0 Å². The van der Waals surface area contributed by atoms with Crippen molar-refractivity contribution in [2.24, 2.45) is 0 Å². The van der Waals surface area contributed by atoms with Gasteiger partial charge in [-0.25, -0.2) is 4.79 Å². The molecule has 1 aromatic rings. The van der Waals surface area contributed by atoms with Crippen molar-refractivity contribution in [3.63, 3.8) is 0 Å². The van der Waals surface area contributed by atoms with Crippen molar-refractivity contribution in [2.45, 2.75) is 18.6 Å². The molecule has 1 aliphatic rings. The largest absolute Gasteiger partial charge is 0.480 e. The minimum atomic E-state index is -4.80. The molecule has 0 aromatic heterocycles. The van der Waals surface area contributed by atoms with Crippen LogP contribution in [-0.4, -0.2) is 52.5 Å². The van der Waals surface area contributed by atoms with Crippen LogP contribution in [0.4, 0.5) is 13.2 Å². The fraction of sp³-hybridized carbons (Fsp3) is 0.286. The number of hydrogen-bond donors (Lipinski definition) is 2. The SMILES string of the molecule is O=C(CN1C(=O)c2ccccc2C1=O)NC(CC(F)(F)F)C(=O)O. The van der Waals surface area contributed by atoms with Gasteiger partial charge in [0.15, 0.2) is 0 Å². The standard InChI is InChI=1S/C14H11F3N2O5/c15-14(16,17)5-9(13(23)24)18-10(20)6-19-11(21)7-3-1-2-4-8(7)12(19)22/h1-4,9H,5-6H2,(H,18,20)(H,23,24). The topological polar surface area (TPSA) is 104 Å². The molecule has 10 heteroatoms. The lowest BCUT2D eigenvalue weighted by Crippen LogP contribution is -2.48. The number of alkyl halides is 3. The first kappa shape index (κ1) is 17.4. The summed E-state index contributed by atoms with van der Waals surface area (Å²) in [5.74, 6) is -4.59. The van der Waals surface area contributed by atoms with Crippen LogP contribution in [0.3, 0.4) is 0 Å². The predicted octanol–water partition coefficient (Wildman–Crippen LogP) is 0.804. The van der Waals surface area contributed by atoms with Crippen molar-refractivity contribution in [2.75, 3.05) is 6.54 Å². The first-order chi connectivity index (χ1) is 11.1. The lowest BCUT2D eigenvalue weighted by atomic mass is 10.1. The molecule has 1 atom stereocenters. The van der Waals surface area contributed by atoms with Crippen LogP contribution in [-0.2, 0) is 9.59 Å². The highest BCUT2D eigenvalue weighted by atomic mass is 19.4. The minimum absolute atomic E-state index is 0.0698. The third-order valence-electron chi connectivity index (χ3n) is 3.25. The quantitative estimate of drug-likeness (QED) is 0.769. The summed E-state index contributed by atoms with van der Waals surface area (Å²) >= 11 is 0. The van der Waals surface area contributed by atoms with Crippen LogP contribution in [0.1, 0.15) is 27.1 Å². The highest BCUT2D eigenvalue weighted by Gasteiger charge is 2.39. The molecule has 128 valence electrons. The van der Waals surface area contributed by atoms with Crippen LogP contribution in [0.25, 0.3) is 0 Å². The smallest absolute Gasteiger partial charge is 0.391 e. The number of amides is 3. The third kappa shape index (κ3) is 3.70. The van der Waals surface area contributed by atoms with Gasteiger partial charge in [-0.1, -0.05) is 12.1 Å². The lowest BCUT2D eigenvalue weighted by Gasteiger charge is -2.18. The number of rotatable bonds is 5. The number of aliphatic carboxylic acids is 1. The van der Waals surface area contributed by atoms with E-state index in [0.717, 1.165) is 0 Å². The molecule has 2 rings (SSSR count). The second-order valence-electron chi connectivity index (χ2n) is 5.02. The molecule has 24 heavy (non-hydrogen) atoms. The number of nitrogens with one attached hydrogen (secondary N) is 1. The highest BCUT2D eigenvalue weighted by Crippen LogP contribution is 2.23. The summed E-state index contributed by atoms with van der Waals surface area (Å²) in [5, 5.41) is 10.4. The molecule has 0 aliphatic carbocycles. The molecule has 2 N–H and O–H groups in total. The molecule has 0 radical (unpaired) electrons. The number of nitrogens with zero attached hydrogens (tertiary/aromatic N) is 1. The first-order valence-corrected chi connectivity index (χ1v) is 6.64. The maximum absolute atomic E-state index is 12.3. The van der Waals surface area contributed by atoms with Crippen LogP contribution >= 0.6 is 0 Å². The Morgan fingerprint density at radius 1 is 1.12 bits per heavy atom. The van der Waals surface area contributed by atoms with E-state index in [9.17, 15) is 32.3 Å². The van der Waals surface area contributed by atoms with Crippen LogP contribution in [0, 0.1) is 0 Å². The Kier molecular flexibility index (Phi) is 4.58. The number of fused-ring (bicyclic) bond motifs is 1. The van der Waals surface area contributed by atoms with E-state index >= 15 is 0 Å². The van der Waals surface area contributed by atoms with E-state index in [0.29, 0.717) is 4.90 Å². The summed E-state index contributed by atoms with van der Waals surface area (Å²) < 4.78 is 36.9. The van der Waals surface area contributed by atoms with Crippen LogP contribution in [0.2, 0.25) is 0 Å². The molecule has 0 spiro atoms. The van der Waals surface area contributed by atoms with E-state index in [1.165, 1.54) is 24.3 Å². The van der Waals surface area contributed by atoms with Crippen molar-refractivity contribution < 1.29 is 37.5 Å². The number of imide groups is 1. The zero-order chi connectivity index (χ0) is 18.1. The summed E-state index contributed by atoms with van der Waals surface area (Å²) in [4.78, 5) is 47.1. The van der Waals surface area contributed by atoms with E-state index in [2.05, 4.69) is 0 Å². The number of benzene rings is 1. The molecule has 0 saturated carbocycles. The number of carbonyl (C=O) groups is 4.